The van der Waals surface area contributed by atoms with E-state index in [0.29, 0.717) is 17.8 Å². The van der Waals surface area contributed by atoms with E-state index < -0.39 is 8.32 Å². The lowest BCUT2D eigenvalue weighted by Gasteiger charge is -2.51. The quantitative estimate of drug-likeness (QED) is 0.180. The van der Waals surface area contributed by atoms with Crippen LogP contribution < -0.4 is 0 Å². The average Bonchev–Trinajstić information content (AvgIpc) is 2.66. The van der Waals surface area contributed by atoms with Crippen molar-refractivity contribution in [3.63, 3.8) is 0 Å². The zero-order valence-electron chi connectivity index (χ0n) is 22.4. The molecule has 0 bridgehead atoms. The summed E-state index contributed by atoms with van der Waals surface area (Å²) in [5, 5.41) is 0.216. The number of hydrogen-bond donors (Lipinski definition) is 0. The molecule has 2 fully saturated rings. The van der Waals surface area contributed by atoms with E-state index in [1.807, 2.05) is 6.08 Å². The van der Waals surface area contributed by atoms with Gasteiger partial charge in [0.2, 0.25) is 0 Å². The zero-order valence-corrected chi connectivity index (χ0v) is 23.4. The van der Waals surface area contributed by atoms with Gasteiger partial charge in [0.15, 0.2) is 14.1 Å². The van der Waals surface area contributed by atoms with Gasteiger partial charge in [-0.1, -0.05) is 54.0 Å². The SMILES string of the molecule is C=CC[C@@H](CCOCC[C@@H]1CCOC2(C[C@H](C)CC[C@H]2C(C)C)O1)O[Si](C)(C)C(C)(C)C. The predicted molar refractivity (Wildman–Crippen MR) is 136 cm³/mol. The monoisotopic (exact) mass is 468 g/mol. The number of hydrogen-bond acceptors (Lipinski definition) is 4. The van der Waals surface area contributed by atoms with Gasteiger partial charge in [-0.25, -0.2) is 0 Å². The van der Waals surface area contributed by atoms with E-state index in [-0.39, 0.29) is 23.0 Å². The highest BCUT2D eigenvalue weighted by atomic mass is 28.4. The maximum absolute atomic E-state index is 6.69. The van der Waals surface area contributed by atoms with Crippen molar-refractivity contribution in [2.24, 2.45) is 17.8 Å². The van der Waals surface area contributed by atoms with Crippen molar-refractivity contribution in [1.29, 1.82) is 0 Å². The molecule has 1 aliphatic carbocycles. The molecule has 2 aliphatic rings. The second-order valence-electron chi connectivity index (χ2n) is 12.1. The summed E-state index contributed by atoms with van der Waals surface area (Å²) in [5.74, 6) is 1.37. The Kier molecular flexibility index (Phi) is 10.5. The minimum Gasteiger partial charge on any atom is -0.414 e. The summed E-state index contributed by atoms with van der Waals surface area (Å²) < 4.78 is 25.7. The molecule has 5 heteroatoms. The molecule has 2 rings (SSSR count). The topological polar surface area (TPSA) is 36.9 Å². The summed E-state index contributed by atoms with van der Waals surface area (Å²) in [6.45, 7) is 24.7. The van der Waals surface area contributed by atoms with Crippen molar-refractivity contribution in [1.82, 2.24) is 0 Å². The summed E-state index contributed by atoms with van der Waals surface area (Å²) in [6, 6.07) is 0. The van der Waals surface area contributed by atoms with Crippen molar-refractivity contribution < 1.29 is 18.6 Å². The van der Waals surface area contributed by atoms with Gasteiger partial charge in [-0.05, 0) is 62.1 Å². The van der Waals surface area contributed by atoms with Gasteiger partial charge in [-0.15, -0.1) is 6.58 Å². The van der Waals surface area contributed by atoms with Gasteiger partial charge in [-0.3, -0.25) is 0 Å². The largest absolute Gasteiger partial charge is 0.414 e. The van der Waals surface area contributed by atoms with Gasteiger partial charge in [0.1, 0.15) is 0 Å². The fraction of sp³-hybridized carbons (Fsp3) is 0.926. The van der Waals surface area contributed by atoms with Crippen LogP contribution in [-0.2, 0) is 18.6 Å². The van der Waals surface area contributed by atoms with Crippen LogP contribution >= 0.6 is 0 Å². The molecule has 1 saturated carbocycles. The Morgan fingerprint density at radius 1 is 1.16 bits per heavy atom. The van der Waals surface area contributed by atoms with E-state index in [1.165, 1.54) is 12.8 Å². The first-order valence-corrected chi connectivity index (χ1v) is 16.0. The molecule has 0 radical (unpaired) electrons. The molecule has 0 aromatic heterocycles. The highest BCUT2D eigenvalue weighted by molar-refractivity contribution is 6.74. The van der Waals surface area contributed by atoms with Crippen molar-refractivity contribution in [3.05, 3.63) is 12.7 Å². The molecule has 0 N–H and O–H groups in total. The van der Waals surface area contributed by atoms with Crippen molar-refractivity contribution in [2.75, 3.05) is 19.8 Å². The van der Waals surface area contributed by atoms with Crippen LogP contribution in [0.4, 0.5) is 0 Å². The summed E-state index contributed by atoms with van der Waals surface area (Å²) in [7, 11) is -1.78. The Hall–Kier alpha value is -0.203. The lowest BCUT2D eigenvalue weighted by atomic mass is 9.72. The highest BCUT2D eigenvalue weighted by Gasteiger charge is 2.49. The third kappa shape index (κ3) is 7.66. The minimum atomic E-state index is -1.78. The maximum Gasteiger partial charge on any atom is 0.192 e. The molecule has 1 spiro atoms. The molecule has 0 aromatic rings. The van der Waals surface area contributed by atoms with Crippen LogP contribution in [0.15, 0.2) is 12.7 Å². The van der Waals surface area contributed by atoms with Gasteiger partial charge < -0.3 is 18.6 Å². The third-order valence-corrected chi connectivity index (χ3v) is 12.5. The fourth-order valence-corrected chi connectivity index (χ4v) is 6.44. The first kappa shape index (κ1) is 28.0. The molecule has 188 valence electrons. The second-order valence-corrected chi connectivity index (χ2v) is 16.9. The molecule has 1 aliphatic heterocycles. The van der Waals surface area contributed by atoms with E-state index in [2.05, 4.69) is 61.2 Å². The Balaban J connectivity index is 1.79. The summed E-state index contributed by atoms with van der Waals surface area (Å²) >= 11 is 0. The van der Waals surface area contributed by atoms with Crippen LogP contribution in [-0.4, -0.2) is 46.1 Å². The Morgan fingerprint density at radius 3 is 2.50 bits per heavy atom. The van der Waals surface area contributed by atoms with E-state index in [9.17, 15) is 0 Å². The third-order valence-electron chi connectivity index (χ3n) is 7.99. The van der Waals surface area contributed by atoms with Crippen LogP contribution in [0.2, 0.25) is 18.1 Å². The van der Waals surface area contributed by atoms with Gasteiger partial charge in [0, 0.05) is 25.6 Å². The number of ether oxygens (including phenoxy) is 3. The highest BCUT2D eigenvalue weighted by Crippen LogP contribution is 2.47. The van der Waals surface area contributed by atoms with Crippen molar-refractivity contribution >= 4 is 8.32 Å². The molecule has 32 heavy (non-hydrogen) atoms. The van der Waals surface area contributed by atoms with Crippen LogP contribution in [0.25, 0.3) is 0 Å². The van der Waals surface area contributed by atoms with Crippen molar-refractivity contribution in [2.45, 2.75) is 123 Å². The van der Waals surface area contributed by atoms with Gasteiger partial charge in [0.25, 0.3) is 0 Å². The molecular weight excluding hydrogens is 416 g/mol. The Labute approximate surface area is 199 Å². The number of rotatable bonds is 11. The van der Waals surface area contributed by atoms with Crippen LogP contribution in [0.1, 0.15) is 86.5 Å². The van der Waals surface area contributed by atoms with E-state index >= 15 is 0 Å². The molecule has 1 heterocycles. The molecule has 4 nitrogen and oxygen atoms in total. The molecular formula is C27H52O4Si. The zero-order chi connectivity index (χ0) is 24.0. The fourth-order valence-electron chi connectivity index (χ4n) is 5.04. The molecule has 5 atom stereocenters. The minimum absolute atomic E-state index is 0.200. The maximum atomic E-state index is 6.69. The normalized spacial score (nSPS) is 30.6. The summed E-state index contributed by atoms with van der Waals surface area (Å²) in [4.78, 5) is 0. The van der Waals surface area contributed by atoms with Crippen LogP contribution in [0.3, 0.4) is 0 Å². The lowest BCUT2D eigenvalue weighted by Crippen LogP contribution is -2.54. The van der Waals surface area contributed by atoms with Crippen molar-refractivity contribution in [3.8, 4) is 0 Å². The van der Waals surface area contributed by atoms with Gasteiger partial charge >= 0.3 is 0 Å². The van der Waals surface area contributed by atoms with E-state index in [0.717, 1.165) is 51.9 Å². The molecule has 1 unspecified atom stereocenters. The Morgan fingerprint density at radius 2 is 1.88 bits per heavy atom. The summed E-state index contributed by atoms with van der Waals surface area (Å²) in [5.41, 5.74) is 0. The molecule has 0 aromatic carbocycles. The average molecular weight is 469 g/mol. The molecule has 0 amide bonds. The summed E-state index contributed by atoms with van der Waals surface area (Å²) in [6.07, 6.45) is 9.66. The Bertz CT molecular complexity index is 570. The predicted octanol–water partition coefficient (Wildman–Crippen LogP) is 7.34. The lowest BCUT2D eigenvalue weighted by molar-refractivity contribution is -0.340. The standard InChI is InChI=1S/C27H52O4Si/c1-10-11-24(31-32(8,9)26(5,6)7)15-18-28-17-14-23-16-19-29-27(30-23)20-22(4)12-13-25(27)21(2)3/h10,21-25H,1,11-20H2,2-9H3/t22-,23-,24+,25+,27?/m1/s1. The van der Waals surface area contributed by atoms with Crippen LogP contribution in [0, 0.1) is 17.8 Å². The first-order valence-electron chi connectivity index (χ1n) is 13.1. The van der Waals surface area contributed by atoms with E-state index in [4.69, 9.17) is 18.6 Å². The smallest absolute Gasteiger partial charge is 0.192 e. The van der Waals surface area contributed by atoms with Gasteiger partial charge in [0.05, 0.1) is 18.8 Å². The first-order chi connectivity index (χ1) is 14.9. The second kappa shape index (κ2) is 12.0. The molecule has 1 saturated heterocycles. The van der Waals surface area contributed by atoms with E-state index in [1.54, 1.807) is 0 Å². The van der Waals surface area contributed by atoms with Crippen LogP contribution in [0.5, 0.6) is 0 Å². The van der Waals surface area contributed by atoms with Gasteiger partial charge in [-0.2, -0.15) is 0 Å².